The van der Waals surface area contributed by atoms with E-state index in [2.05, 4.69) is 14.7 Å². The van der Waals surface area contributed by atoms with Crippen molar-refractivity contribution in [1.29, 1.82) is 0 Å². The number of hydrogen-bond acceptors (Lipinski definition) is 3. The Morgan fingerprint density at radius 2 is 1.71 bits per heavy atom. The summed E-state index contributed by atoms with van der Waals surface area (Å²) in [5, 5.41) is 0.310. The van der Waals surface area contributed by atoms with E-state index >= 15 is 0 Å². The van der Waals surface area contributed by atoms with Crippen LogP contribution in [0.3, 0.4) is 0 Å². The van der Waals surface area contributed by atoms with Crippen molar-refractivity contribution in [2.45, 2.75) is 18.0 Å². The van der Waals surface area contributed by atoms with Crippen molar-refractivity contribution in [1.82, 2.24) is 9.97 Å². The van der Waals surface area contributed by atoms with Gasteiger partial charge in [-0.05, 0) is 55.5 Å². The number of nitrogens with zero attached hydrogens (tertiary/aromatic N) is 1. The van der Waals surface area contributed by atoms with Crippen LogP contribution in [0.15, 0.2) is 65.6 Å². The van der Waals surface area contributed by atoms with Gasteiger partial charge in [0.1, 0.15) is 5.82 Å². The molecule has 1 aromatic heterocycles. The fraction of sp³-hybridized carbons (Fsp3) is 0.0952. The van der Waals surface area contributed by atoms with Crippen molar-refractivity contribution in [3.63, 3.8) is 0 Å². The monoisotopic (exact) mass is 465 g/mol. The highest BCUT2D eigenvalue weighted by atomic mass is 35.5. The van der Waals surface area contributed by atoms with Gasteiger partial charge in [-0.3, -0.25) is 4.72 Å². The van der Waals surface area contributed by atoms with Crippen molar-refractivity contribution < 1.29 is 21.6 Å². The average Bonchev–Trinajstić information content (AvgIpc) is 3.12. The molecule has 3 aromatic carbocycles. The molecule has 0 bridgehead atoms. The highest BCUT2D eigenvalue weighted by molar-refractivity contribution is 7.92. The summed E-state index contributed by atoms with van der Waals surface area (Å²) in [7, 11) is -3.91. The minimum absolute atomic E-state index is 0.0680. The fourth-order valence-corrected chi connectivity index (χ4v) is 4.29. The van der Waals surface area contributed by atoms with Gasteiger partial charge in [-0.15, -0.1) is 0 Å². The second kappa shape index (κ2) is 7.58. The first kappa shape index (κ1) is 21.2. The molecule has 0 saturated heterocycles. The van der Waals surface area contributed by atoms with Gasteiger partial charge in [0, 0.05) is 10.6 Å². The van der Waals surface area contributed by atoms with Crippen molar-refractivity contribution in [3.05, 3.63) is 76.8 Å². The van der Waals surface area contributed by atoms with Gasteiger partial charge in [0.15, 0.2) is 0 Å². The molecule has 1 heterocycles. The van der Waals surface area contributed by atoms with Crippen molar-refractivity contribution in [2.24, 2.45) is 0 Å². The highest BCUT2D eigenvalue weighted by Crippen LogP contribution is 2.34. The summed E-state index contributed by atoms with van der Waals surface area (Å²) in [5.74, 6) is 0.179. The number of hydrogen-bond donors (Lipinski definition) is 2. The zero-order valence-electron chi connectivity index (χ0n) is 16.0. The summed E-state index contributed by atoms with van der Waals surface area (Å²) in [5.41, 5.74) is 1.04. The summed E-state index contributed by atoms with van der Waals surface area (Å²) in [6.07, 6.45) is -4.50. The third kappa shape index (κ3) is 4.38. The van der Waals surface area contributed by atoms with Crippen molar-refractivity contribution in [2.75, 3.05) is 4.72 Å². The third-order valence-corrected chi connectivity index (χ3v) is 6.24. The van der Waals surface area contributed by atoms with Crippen LogP contribution in [-0.4, -0.2) is 18.4 Å². The molecule has 0 aliphatic carbocycles. The zero-order valence-corrected chi connectivity index (χ0v) is 17.5. The van der Waals surface area contributed by atoms with Gasteiger partial charge in [0.2, 0.25) is 0 Å². The number of halogens is 4. The van der Waals surface area contributed by atoms with Crippen molar-refractivity contribution >= 4 is 38.3 Å². The molecule has 4 aromatic rings. The Balaban J connectivity index is 1.78. The van der Waals surface area contributed by atoms with Crippen LogP contribution >= 0.6 is 11.6 Å². The molecule has 10 heteroatoms. The third-order valence-electron chi connectivity index (χ3n) is 4.62. The Bertz CT molecular complexity index is 1380. The van der Waals surface area contributed by atoms with Crippen LogP contribution in [0.2, 0.25) is 5.02 Å². The normalized spacial score (nSPS) is 12.3. The maximum absolute atomic E-state index is 13.0. The largest absolute Gasteiger partial charge is 0.416 e. The van der Waals surface area contributed by atoms with Crippen LogP contribution < -0.4 is 4.72 Å². The average molecular weight is 466 g/mol. The summed E-state index contributed by atoms with van der Waals surface area (Å²) >= 11 is 6.09. The van der Waals surface area contributed by atoms with Crippen LogP contribution in [-0.2, 0) is 16.2 Å². The van der Waals surface area contributed by atoms with Gasteiger partial charge in [-0.2, -0.15) is 13.2 Å². The smallest absolute Gasteiger partial charge is 0.338 e. The molecule has 0 aliphatic heterocycles. The second-order valence-electron chi connectivity index (χ2n) is 6.92. The number of alkyl halides is 3. The predicted molar refractivity (Wildman–Crippen MR) is 114 cm³/mol. The van der Waals surface area contributed by atoms with Crippen LogP contribution in [0.4, 0.5) is 18.9 Å². The van der Waals surface area contributed by atoms with E-state index in [1.54, 1.807) is 12.1 Å². The number of nitrogens with one attached hydrogen (secondary N) is 2. The van der Waals surface area contributed by atoms with Gasteiger partial charge in [-0.25, -0.2) is 13.4 Å². The number of fused-ring (bicyclic) bond motifs is 1. The maximum Gasteiger partial charge on any atom is 0.416 e. The van der Waals surface area contributed by atoms with E-state index in [4.69, 9.17) is 11.6 Å². The number of H-pyrrole nitrogens is 1. The molecule has 0 aliphatic rings. The lowest BCUT2D eigenvalue weighted by atomic mass is 10.2. The molecule has 0 saturated carbocycles. The molecule has 4 rings (SSSR count). The molecule has 0 fully saturated rings. The summed E-state index contributed by atoms with van der Waals surface area (Å²) in [4.78, 5) is 7.19. The maximum atomic E-state index is 13.0. The van der Waals surface area contributed by atoms with E-state index in [1.807, 2.05) is 6.92 Å². The lowest BCUT2D eigenvalue weighted by molar-refractivity contribution is -0.137. The number of rotatable bonds is 4. The number of benzene rings is 3. The molecule has 0 amide bonds. The van der Waals surface area contributed by atoms with Gasteiger partial charge >= 0.3 is 6.18 Å². The van der Waals surface area contributed by atoms with Crippen LogP contribution in [0, 0.1) is 6.92 Å². The van der Waals surface area contributed by atoms with Crippen molar-refractivity contribution in [3.8, 4) is 11.4 Å². The number of sulfonamides is 1. The van der Waals surface area contributed by atoms with E-state index in [1.165, 1.54) is 36.4 Å². The Labute approximate surface area is 180 Å². The molecule has 0 spiro atoms. The van der Waals surface area contributed by atoms with Gasteiger partial charge in [0.25, 0.3) is 10.0 Å². The second-order valence-corrected chi connectivity index (χ2v) is 9.04. The molecule has 0 radical (unpaired) electrons. The molecule has 160 valence electrons. The SMILES string of the molecule is Cc1ccc(S(=O)(=O)Nc2ccc(Cl)cc2-c2nc3ccc(C(F)(F)F)cc3[nH]2)cc1. The standard InChI is InChI=1S/C21H15ClF3N3O2S/c1-12-2-6-15(7-3-12)31(29,30)28-17-9-5-14(22)11-16(17)20-26-18-8-4-13(21(23,24)25)10-19(18)27-20/h2-11,28H,1H3,(H,26,27). The van der Waals surface area contributed by atoms with E-state index < -0.39 is 21.8 Å². The topological polar surface area (TPSA) is 74.8 Å². The lowest BCUT2D eigenvalue weighted by Crippen LogP contribution is -2.13. The molecule has 31 heavy (non-hydrogen) atoms. The number of aromatic nitrogens is 2. The number of aryl methyl sites for hydroxylation is 1. The van der Waals surface area contributed by atoms with Crippen LogP contribution in [0.25, 0.3) is 22.4 Å². The number of anilines is 1. The summed E-state index contributed by atoms with van der Waals surface area (Å²) in [6, 6.07) is 13.9. The fourth-order valence-electron chi connectivity index (χ4n) is 3.04. The molecule has 2 N–H and O–H groups in total. The summed E-state index contributed by atoms with van der Waals surface area (Å²) in [6.45, 7) is 1.84. The van der Waals surface area contributed by atoms with E-state index in [0.717, 1.165) is 17.7 Å². The van der Waals surface area contributed by atoms with E-state index in [0.29, 0.717) is 16.1 Å². The van der Waals surface area contributed by atoms with E-state index in [-0.39, 0.29) is 21.9 Å². The summed E-state index contributed by atoms with van der Waals surface area (Å²) < 4.78 is 67.1. The van der Waals surface area contributed by atoms with E-state index in [9.17, 15) is 21.6 Å². The predicted octanol–water partition coefficient (Wildman–Crippen LogP) is 6.01. The molecule has 5 nitrogen and oxygen atoms in total. The van der Waals surface area contributed by atoms with Crippen LogP contribution in [0.5, 0.6) is 0 Å². The molecule has 0 atom stereocenters. The quantitative estimate of drug-likeness (QED) is 0.387. The number of imidazole rings is 1. The zero-order chi connectivity index (χ0) is 22.4. The molecular weight excluding hydrogens is 451 g/mol. The van der Waals surface area contributed by atoms with Gasteiger partial charge in [0.05, 0.1) is 27.2 Å². The Morgan fingerprint density at radius 1 is 1.00 bits per heavy atom. The Hall–Kier alpha value is -3.04. The minimum Gasteiger partial charge on any atom is -0.338 e. The van der Waals surface area contributed by atoms with Gasteiger partial charge < -0.3 is 4.98 Å². The minimum atomic E-state index is -4.50. The lowest BCUT2D eigenvalue weighted by Gasteiger charge is -2.12. The molecular formula is C21H15ClF3N3O2S. The first-order chi connectivity index (χ1) is 14.5. The Morgan fingerprint density at radius 3 is 2.39 bits per heavy atom. The first-order valence-electron chi connectivity index (χ1n) is 8.99. The molecule has 0 unspecified atom stereocenters. The highest BCUT2D eigenvalue weighted by Gasteiger charge is 2.31. The first-order valence-corrected chi connectivity index (χ1v) is 10.9. The van der Waals surface area contributed by atoms with Gasteiger partial charge in [-0.1, -0.05) is 29.3 Å². The Kier molecular flexibility index (Phi) is 5.18. The number of aromatic amines is 1. The van der Waals surface area contributed by atoms with Crippen LogP contribution in [0.1, 0.15) is 11.1 Å².